The third-order valence-corrected chi connectivity index (χ3v) is 1.97. The Kier molecular flexibility index (Phi) is 2.63. The smallest absolute Gasteiger partial charge is 0.256 e. The molecule has 0 bridgehead atoms. The lowest BCUT2D eigenvalue weighted by atomic mass is 10.4. The van der Waals surface area contributed by atoms with E-state index in [0.29, 0.717) is 0 Å². The van der Waals surface area contributed by atoms with Gasteiger partial charge >= 0.3 is 0 Å². The molecule has 0 spiro atoms. The summed E-state index contributed by atoms with van der Waals surface area (Å²) >= 11 is 0. The molecule has 2 amide bonds. The van der Waals surface area contributed by atoms with Gasteiger partial charge in [0.25, 0.3) is 17.8 Å². The van der Waals surface area contributed by atoms with Crippen LogP contribution in [0, 0.1) is 5.95 Å². The lowest BCUT2D eigenvalue weighted by molar-refractivity contribution is -0.140. The number of hydrogen-bond donors (Lipinski definition) is 0. The fraction of sp³-hybridized carbons (Fsp3) is 0.100. The van der Waals surface area contributed by atoms with Crippen LogP contribution in [0.25, 0.3) is 0 Å². The fourth-order valence-corrected chi connectivity index (χ4v) is 1.17. The summed E-state index contributed by atoms with van der Waals surface area (Å²) in [4.78, 5) is 26.5. The first-order valence-corrected chi connectivity index (χ1v) is 4.45. The largest absolute Gasteiger partial charge is 0.468 e. The van der Waals surface area contributed by atoms with Crippen LogP contribution in [0.5, 0.6) is 5.75 Å². The number of amides is 2. The van der Waals surface area contributed by atoms with Crippen molar-refractivity contribution in [2.75, 3.05) is 6.73 Å². The highest BCUT2D eigenvalue weighted by Crippen LogP contribution is 2.14. The normalized spacial score (nSPS) is 14.7. The summed E-state index contributed by atoms with van der Waals surface area (Å²) in [5.74, 6) is -1.84. The van der Waals surface area contributed by atoms with Crippen molar-refractivity contribution in [3.8, 4) is 5.75 Å². The first-order chi connectivity index (χ1) is 7.68. The summed E-state index contributed by atoms with van der Waals surface area (Å²) in [6.45, 7) is -0.326. The van der Waals surface area contributed by atoms with E-state index in [9.17, 15) is 14.0 Å². The second kappa shape index (κ2) is 4.09. The Morgan fingerprint density at radius 1 is 1.31 bits per heavy atom. The van der Waals surface area contributed by atoms with Crippen LogP contribution in [0.2, 0.25) is 0 Å². The van der Waals surface area contributed by atoms with Crippen LogP contribution >= 0.6 is 0 Å². The molecule has 0 aromatic carbocycles. The molecule has 0 atom stereocenters. The Balaban J connectivity index is 2.01. The molecule has 0 aliphatic carbocycles. The minimum Gasteiger partial charge on any atom is -0.468 e. The highest BCUT2D eigenvalue weighted by molar-refractivity contribution is 6.12. The van der Waals surface area contributed by atoms with Gasteiger partial charge in [0.05, 0.1) is 0 Å². The number of halogens is 1. The summed E-state index contributed by atoms with van der Waals surface area (Å²) in [5, 5.41) is 0. The molecule has 0 fully saturated rings. The van der Waals surface area contributed by atoms with E-state index in [4.69, 9.17) is 4.74 Å². The van der Waals surface area contributed by atoms with Crippen LogP contribution in [-0.4, -0.2) is 28.4 Å². The van der Waals surface area contributed by atoms with Crippen LogP contribution in [0.3, 0.4) is 0 Å². The molecular formula is C10H7FN2O3. The molecule has 5 nitrogen and oxygen atoms in total. The second-order valence-electron chi connectivity index (χ2n) is 3.00. The molecule has 2 heterocycles. The van der Waals surface area contributed by atoms with Gasteiger partial charge in [0.2, 0.25) is 0 Å². The van der Waals surface area contributed by atoms with Crippen molar-refractivity contribution >= 4 is 11.8 Å². The Morgan fingerprint density at radius 2 is 2.00 bits per heavy atom. The van der Waals surface area contributed by atoms with E-state index in [0.717, 1.165) is 17.1 Å². The minimum atomic E-state index is -0.783. The third-order valence-electron chi connectivity index (χ3n) is 1.97. The van der Waals surface area contributed by atoms with Crippen molar-refractivity contribution in [3.05, 3.63) is 36.4 Å². The molecule has 1 aliphatic rings. The van der Waals surface area contributed by atoms with E-state index >= 15 is 0 Å². The van der Waals surface area contributed by atoms with Crippen molar-refractivity contribution in [2.24, 2.45) is 0 Å². The average Bonchev–Trinajstić information content (AvgIpc) is 2.58. The maximum absolute atomic E-state index is 13.0. The molecule has 0 radical (unpaired) electrons. The summed E-state index contributed by atoms with van der Waals surface area (Å²) in [6, 6.07) is 2.85. The number of rotatable bonds is 3. The van der Waals surface area contributed by atoms with Gasteiger partial charge in [0, 0.05) is 18.3 Å². The number of ether oxygens (including phenoxy) is 1. The fourth-order valence-electron chi connectivity index (χ4n) is 1.17. The number of imide groups is 1. The van der Waals surface area contributed by atoms with Gasteiger partial charge in [0.15, 0.2) is 12.5 Å². The van der Waals surface area contributed by atoms with Gasteiger partial charge in [-0.3, -0.25) is 9.59 Å². The Labute approximate surface area is 90.1 Å². The number of carbonyl (C=O) groups is 2. The first kappa shape index (κ1) is 10.3. The predicted molar refractivity (Wildman–Crippen MR) is 50.7 cm³/mol. The van der Waals surface area contributed by atoms with Crippen molar-refractivity contribution in [2.45, 2.75) is 0 Å². The van der Waals surface area contributed by atoms with Crippen LogP contribution in [0.1, 0.15) is 0 Å². The molecule has 0 saturated carbocycles. The van der Waals surface area contributed by atoms with E-state index < -0.39 is 17.8 Å². The molecule has 0 N–H and O–H groups in total. The molecule has 16 heavy (non-hydrogen) atoms. The average molecular weight is 221 g/mol. The maximum atomic E-state index is 13.0. The lowest BCUT2D eigenvalue weighted by Crippen LogP contribution is -2.33. The van der Waals surface area contributed by atoms with E-state index in [-0.39, 0.29) is 12.5 Å². The summed E-state index contributed by atoms with van der Waals surface area (Å²) in [6.07, 6.45) is 3.53. The van der Waals surface area contributed by atoms with Crippen LogP contribution in [0.4, 0.5) is 4.39 Å². The molecule has 0 saturated heterocycles. The minimum absolute atomic E-state index is 0.102. The van der Waals surface area contributed by atoms with Gasteiger partial charge < -0.3 is 4.74 Å². The second-order valence-corrected chi connectivity index (χ2v) is 3.00. The topological polar surface area (TPSA) is 59.5 Å². The van der Waals surface area contributed by atoms with Crippen molar-refractivity contribution in [1.29, 1.82) is 0 Å². The molecule has 82 valence electrons. The summed E-state index contributed by atoms with van der Waals surface area (Å²) in [5.41, 5.74) is 0. The van der Waals surface area contributed by atoms with Crippen LogP contribution in [-0.2, 0) is 9.59 Å². The van der Waals surface area contributed by atoms with Crippen molar-refractivity contribution < 1.29 is 18.7 Å². The quantitative estimate of drug-likeness (QED) is 0.550. The first-order valence-electron chi connectivity index (χ1n) is 4.45. The van der Waals surface area contributed by atoms with Crippen molar-refractivity contribution in [1.82, 2.24) is 9.88 Å². The van der Waals surface area contributed by atoms with Crippen molar-refractivity contribution in [3.63, 3.8) is 0 Å². The van der Waals surface area contributed by atoms with Gasteiger partial charge in [-0.2, -0.15) is 4.39 Å². The van der Waals surface area contributed by atoms with E-state index in [1.54, 1.807) is 0 Å². The molecule has 2 rings (SSSR count). The number of pyridine rings is 1. The van der Waals surface area contributed by atoms with E-state index in [2.05, 4.69) is 4.98 Å². The Hall–Kier alpha value is -2.24. The summed E-state index contributed by atoms with van der Waals surface area (Å²) in [7, 11) is 0. The number of nitrogens with zero attached hydrogens (tertiary/aromatic N) is 2. The predicted octanol–water partition coefficient (Wildman–Crippen LogP) is 0.482. The van der Waals surface area contributed by atoms with Gasteiger partial charge in [-0.25, -0.2) is 9.88 Å². The van der Waals surface area contributed by atoms with E-state index in [1.165, 1.54) is 18.3 Å². The molecular weight excluding hydrogens is 214 g/mol. The zero-order chi connectivity index (χ0) is 11.5. The molecule has 6 heteroatoms. The SMILES string of the molecule is O=C1C=CC(=O)N1COc1cccnc1[18F]. The molecule has 1 aliphatic heterocycles. The maximum Gasteiger partial charge on any atom is 0.256 e. The Bertz CT molecular complexity index is 455. The highest BCUT2D eigenvalue weighted by Gasteiger charge is 2.23. The summed E-state index contributed by atoms with van der Waals surface area (Å²) < 4.78 is 18.0. The molecule has 1 aromatic rings. The zero-order valence-electron chi connectivity index (χ0n) is 8.09. The number of hydrogen-bond acceptors (Lipinski definition) is 4. The lowest BCUT2D eigenvalue weighted by Gasteiger charge is -2.14. The van der Waals surface area contributed by atoms with Crippen LogP contribution < -0.4 is 4.74 Å². The van der Waals surface area contributed by atoms with E-state index in [1.807, 2.05) is 0 Å². The van der Waals surface area contributed by atoms with Crippen LogP contribution in [0.15, 0.2) is 30.5 Å². The standard InChI is InChI=1S/C10H7FN2O3/c11-10-7(2-1-5-12-10)16-6-13-8(14)3-4-9(13)15/h1-5H,6H2/i11-1. The highest BCUT2D eigenvalue weighted by atomic mass is 18.2. The van der Waals surface area contributed by atoms with Gasteiger partial charge in [0.1, 0.15) is 0 Å². The number of aromatic nitrogens is 1. The zero-order valence-corrected chi connectivity index (χ0v) is 8.09. The third kappa shape index (κ3) is 1.90. The molecule has 0 unspecified atom stereocenters. The van der Waals surface area contributed by atoms with Gasteiger partial charge in [-0.15, -0.1) is 0 Å². The van der Waals surface area contributed by atoms with Gasteiger partial charge in [-0.1, -0.05) is 0 Å². The monoisotopic (exact) mass is 221 g/mol. The Morgan fingerprint density at radius 3 is 2.62 bits per heavy atom. The molecule has 1 aromatic heterocycles. The van der Waals surface area contributed by atoms with Gasteiger partial charge in [-0.05, 0) is 12.1 Å². The number of carbonyl (C=O) groups excluding carboxylic acids is 2.